The first-order chi connectivity index (χ1) is 16.7. The minimum atomic E-state index is -0.00367. The summed E-state index contributed by atoms with van der Waals surface area (Å²) in [6.07, 6.45) is 10.5. The van der Waals surface area contributed by atoms with Crippen molar-refractivity contribution in [3.8, 4) is 28.6 Å². The number of pyridine rings is 2. The van der Waals surface area contributed by atoms with Crippen molar-refractivity contribution in [2.45, 2.75) is 18.8 Å². The molecule has 0 spiro atoms. The molecule has 7 nitrogen and oxygen atoms in total. The second-order valence-electron chi connectivity index (χ2n) is 8.23. The van der Waals surface area contributed by atoms with E-state index in [0.717, 1.165) is 35.2 Å². The Bertz CT molecular complexity index is 1330. The van der Waals surface area contributed by atoms with Crippen LogP contribution in [-0.4, -0.2) is 43.8 Å². The van der Waals surface area contributed by atoms with Crippen LogP contribution in [0.4, 0.5) is 0 Å². The van der Waals surface area contributed by atoms with Gasteiger partial charge in [-0.1, -0.05) is 0 Å². The number of carbonyl (C=O) groups is 1. The van der Waals surface area contributed by atoms with Gasteiger partial charge in [0, 0.05) is 66.7 Å². The summed E-state index contributed by atoms with van der Waals surface area (Å²) in [5, 5.41) is 8.99. The Hall–Kier alpha value is -4.44. The van der Waals surface area contributed by atoms with Crippen LogP contribution in [0, 0.1) is 11.3 Å². The lowest BCUT2D eigenvalue weighted by atomic mass is 9.88. The van der Waals surface area contributed by atoms with Crippen LogP contribution in [0.3, 0.4) is 0 Å². The second-order valence-corrected chi connectivity index (χ2v) is 8.23. The first-order valence-electron chi connectivity index (χ1n) is 11.2. The van der Waals surface area contributed by atoms with Crippen LogP contribution in [-0.2, 0) is 0 Å². The molecule has 1 saturated heterocycles. The van der Waals surface area contributed by atoms with Gasteiger partial charge in [0.25, 0.3) is 5.91 Å². The molecular formula is C27H22N6O. The molecule has 1 amide bonds. The van der Waals surface area contributed by atoms with Gasteiger partial charge in [-0.25, -0.2) is 9.97 Å². The molecule has 0 bridgehead atoms. The van der Waals surface area contributed by atoms with Crippen molar-refractivity contribution in [3.05, 3.63) is 96.3 Å². The predicted octanol–water partition coefficient (Wildman–Crippen LogP) is 4.49. The molecule has 1 aliphatic rings. The van der Waals surface area contributed by atoms with Crippen LogP contribution in [0.2, 0.25) is 0 Å². The summed E-state index contributed by atoms with van der Waals surface area (Å²) in [4.78, 5) is 32.8. The maximum Gasteiger partial charge on any atom is 0.253 e. The number of piperidine rings is 1. The average Bonchev–Trinajstić information content (AvgIpc) is 2.93. The number of amides is 1. The highest BCUT2D eigenvalue weighted by Gasteiger charge is 2.28. The predicted molar refractivity (Wildman–Crippen MR) is 128 cm³/mol. The van der Waals surface area contributed by atoms with E-state index in [-0.39, 0.29) is 11.8 Å². The van der Waals surface area contributed by atoms with Gasteiger partial charge in [0.15, 0.2) is 5.82 Å². The highest BCUT2D eigenvalue weighted by molar-refractivity contribution is 5.94. The minimum Gasteiger partial charge on any atom is -0.339 e. The Morgan fingerprint density at radius 3 is 2.35 bits per heavy atom. The van der Waals surface area contributed by atoms with Crippen molar-refractivity contribution >= 4 is 5.91 Å². The third-order valence-corrected chi connectivity index (χ3v) is 6.16. The number of carbonyl (C=O) groups excluding carboxylic acids is 1. The topological polar surface area (TPSA) is 95.7 Å². The largest absolute Gasteiger partial charge is 0.339 e. The van der Waals surface area contributed by atoms with Crippen molar-refractivity contribution in [1.29, 1.82) is 5.26 Å². The van der Waals surface area contributed by atoms with E-state index in [2.05, 4.69) is 21.0 Å². The number of benzene rings is 1. The normalized spacial score (nSPS) is 13.9. The third-order valence-electron chi connectivity index (χ3n) is 6.16. The van der Waals surface area contributed by atoms with Crippen LogP contribution in [0.1, 0.15) is 40.4 Å². The Morgan fingerprint density at radius 1 is 0.912 bits per heavy atom. The van der Waals surface area contributed by atoms with E-state index in [9.17, 15) is 4.79 Å². The maximum absolute atomic E-state index is 13.0. The van der Waals surface area contributed by atoms with E-state index in [1.165, 1.54) is 0 Å². The fourth-order valence-electron chi connectivity index (χ4n) is 4.32. The molecule has 1 aromatic carbocycles. The fraction of sp³-hybridized carbons (Fsp3) is 0.185. The van der Waals surface area contributed by atoms with Crippen molar-refractivity contribution in [2.75, 3.05) is 13.1 Å². The van der Waals surface area contributed by atoms with Gasteiger partial charge >= 0.3 is 0 Å². The van der Waals surface area contributed by atoms with E-state index in [0.29, 0.717) is 30.0 Å². The molecule has 0 radical (unpaired) electrons. The monoisotopic (exact) mass is 446 g/mol. The van der Waals surface area contributed by atoms with Gasteiger partial charge in [0.1, 0.15) is 0 Å². The molecule has 7 heteroatoms. The number of rotatable bonds is 4. The molecule has 4 aromatic rings. The van der Waals surface area contributed by atoms with Crippen LogP contribution < -0.4 is 0 Å². The van der Waals surface area contributed by atoms with Crippen LogP contribution in [0.25, 0.3) is 22.5 Å². The summed E-state index contributed by atoms with van der Waals surface area (Å²) in [5.41, 5.74) is 5.04. The molecule has 4 heterocycles. The van der Waals surface area contributed by atoms with E-state index in [1.54, 1.807) is 49.1 Å². The quantitative estimate of drug-likeness (QED) is 0.458. The van der Waals surface area contributed by atoms with Gasteiger partial charge < -0.3 is 4.90 Å². The van der Waals surface area contributed by atoms with Gasteiger partial charge in [-0.15, -0.1) is 0 Å². The number of hydrogen-bond acceptors (Lipinski definition) is 6. The zero-order valence-corrected chi connectivity index (χ0v) is 18.5. The number of nitriles is 1. The SMILES string of the molecule is N#Cc1ccc(C(=O)N2CCC(c3nc(-c4cccnc4)ncc3-c3ccncc3)CC2)cc1. The molecule has 0 atom stereocenters. The van der Waals surface area contributed by atoms with Gasteiger partial charge in [-0.2, -0.15) is 5.26 Å². The Labute approximate surface area is 197 Å². The molecular weight excluding hydrogens is 424 g/mol. The van der Waals surface area contributed by atoms with Gasteiger partial charge in [0.2, 0.25) is 0 Å². The standard InChI is InChI=1S/C27H22N6O/c28-16-19-3-5-22(6-4-19)27(34)33-14-9-21(10-15-33)25-24(20-7-12-29-13-8-20)18-31-26(32-25)23-2-1-11-30-17-23/h1-8,11-13,17-18,21H,9-10,14-15H2. The number of nitrogens with zero attached hydrogens (tertiary/aromatic N) is 6. The Morgan fingerprint density at radius 2 is 1.68 bits per heavy atom. The zero-order chi connectivity index (χ0) is 23.3. The van der Waals surface area contributed by atoms with Crippen molar-refractivity contribution in [2.24, 2.45) is 0 Å². The van der Waals surface area contributed by atoms with E-state index in [1.807, 2.05) is 35.4 Å². The van der Waals surface area contributed by atoms with E-state index < -0.39 is 0 Å². The molecule has 166 valence electrons. The Balaban J connectivity index is 1.40. The van der Waals surface area contributed by atoms with Gasteiger partial charge in [0.05, 0.1) is 17.3 Å². The average molecular weight is 447 g/mol. The first kappa shape index (κ1) is 21.4. The Kier molecular flexibility index (Phi) is 6.04. The summed E-state index contributed by atoms with van der Waals surface area (Å²) in [7, 11) is 0. The number of likely N-dealkylation sites (tertiary alicyclic amines) is 1. The molecule has 0 unspecified atom stereocenters. The van der Waals surface area contributed by atoms with E-state index >= 15 is 0 Å². The summed E-state index contributed by atoms with van der Waals surface area (Å²) < 4.78 is 0. The van der Waals surface area contributed by atoms with Crippen LogP contribution in [0.15, 0.2) is 79.5 Å². The lowest BCUT2D eigenvalue weighted by Gasteiger charge is -2.32. The van der Waals surface area contributed by atoms with E-state index in [4.69, 9.17) is 10.2 Å². The summed E-state index contributed by atoms with van der Waals surface area (Å²) >= 11 is 0. The molecule has 34 heavy (non-hydrogen) atoms. The highest BCUT2D eigenvalue weighted by Crippen LogP contribution is 2.35. The van der Waals surface area contributed by atoms with Crippen molar-refractivity contribution in [3.63, 3.8) is 0 Å². The molecule has 5 rings (SSSR count). The number of aromatic nitrogens is 4. The molecule has 0 saturated carbocycles. The second kappa shape index (κ2) is 9.59. The first-order valence-corrected chi connectivity index (χ1v) is 11.2. The highest BCUT2D eigenvalue weighted by atomic mass is 16.2. The fourth-order valence-corrected chi connectivity index (χ4v) is 4.32. The molecule has 0 aliphatic carbocycles. The summed E-state index contributed by atoms with van der Waals surface area (Å²) in [5.74, 6) is 0.847. The lowest BCUT2D eigenvalue weighted by Crippen LogP contribution is -2.38. The van der Waals surface area contributed by atoms with Crippen molar-refractivity contribution < 1.29 is 4.79 Å². The van der Waals surface area contributed by atoms with Crippen LogP contribution in [0.5, 0.6) is 0 Å². The summed E-state index contributed by atoms with van der Waals surface area (Å²) in [6, 6.07) is 16.7. The maximum atomic E-state index is 13.0. The van der Waals surface area contributed by atoms with Crippen LogP contribution >= 0.6 is 0 Å². The van der Waals surface area contributed by atoms with Crippen molar-refractivity contribution in [1.82, 2.24) is 24.8 Å². The molecule has 3 aromatic heterocycles. The lowest BCUT2D eigenvalue weighted by molar-refractivity contribution is 0.0712. The summed E-state index contributed by atoms with van der Waals surface area (Å²) in [6.45, 7) is 1.29. The smallest absolute Gasteiger partial charge is 0.253 e. The molecule has 1 aliphatic heterocycles. The van der Waals surface area contributed by atoms with Gasteiger partial charge in [-0.05, 0) is 66.9 Å². The zero-order valence-electron chi connectivity index (χ0n) is 18.5. The molecule has 1 fully saturated rings. The molecule has 0 N–H and O–H groups in total. The van der Waals surface area contributed by atoms with Gasteiger partial charge in [-0.3, -0.25) is 14.8 Å². The third kappa shape index (κ3) is 4.39. The number of hydrogen-bond donors (Lipinski definition) is 0. The minimum absolute atomic E-state index is 0.00367.